The van der Waals surface area contributed by atoms with Gasteiger partial charge in [-0.3, -0.25) is 10.1 Å². The normalized spacial score (nSPS) is 23.2. The minimum Gasteiger partial charge on any atom is -0.347 e. The zero-order chi connectivity index (χ0) is 10.6. The Morgan fingerprint density at radius 3 is 2.79 bits per heavy atom. The highest BCUT2D eigenvalue weighted by atomic mass is 16.2. The molecule has 1 aliphatic rings. The fourth-order valence-electron chi connectivity index (χ4n) is 1.73. The number of nitrogens with one attached hydrogen (secondary N) is 1. The lowest BCUT2D eigenvalue weighted by Crippen LogP contribution is -2.45. The third-order valence-corrected chi connectivity index (χ3v) is 2.53. The Morgan fingerprint density at radius 1 is 1.57 bits per heavy atom. The zero-order valence-corrected chi connectivity index (χ0v) is 9.29. The summed E-state index contributed by atoms with van der Waals surface area (Å²) in [5, 5.41) is 3.32. The van der Waals surface area contributed by atoms with Crippen LogP contribution in [0.5, 0.6) is 0 Å². The quantitative estimate of drug-likeness (QED) is 0.687. The molecule has 0 aliphatic heterocycles. The molecule has 0 radical (unpaired) electrons. The van der Waals surface area contributed by atoms with Crippen molar-refractivity contribution in [3.63, 3.8) is 0 Å². The van der Waals surface area contributed by atoms with Crippen molar-refractivity contribution in [1.29, 1.82) is 0 Å². The molecule has 2 atom stereocenters. The maximum Gasteiger partial charge on any atom is 0.238 e. The molecule has 1 N–H and O–H groups in total. The van der Waals surface area contributed by atoms with Crippen LogP contribution < -0.4 is 5.32 Å². The molecule has 0 fully saturated rings. The maximum atomic E-state index is 11.6. The first-order valence-corrected chi connectivity index (χ1v) is 5.25. The Morgan fingerprint density at radius 2 is 2.29 bits per heavy atom. The van der Waals surface area contributed by atoms with Crippen LogP contribution in [-0.2, 0) is 4.79 Å². The number of amides is 1. The Bertz CT molecular complexity index is 223. The number of rotatable bonds is 3. The van der Waals surface area contributed by atoms with E-state index >= 15 is 0 Å². The highest BCUT2D eigenvalue weighted by Crippen LogP contribution is 2.10. The minimum atomic E-state index is -0.0854. The standard InChI is InChI=1S/C11H20N2O/c1-9(11(14)13(2)3)12-10-7-5-4-6-8-10/h5,7,9-10,12H,4,6,8H2,1-3H3. The average molecular weight is 196 g/mol. The summed E-state index contributed by atoms with van der Waals surface area (Å²) in [6, 6.07) is 0.292. The predicted octanol–water partition coefficient (Wildman–Crippen LogP) is 1.16. The van der Waals surface area contributed by atoms with Crippen LogP contribution in [0.1, 0.15) is 26.2 Å². The van der Waals surface area contributed by atoms with Gasteiger partial charge in [-0.1, -0.05) is 12.2 Å². The van der Waals surface area contributed by atoms with Crippen LogP contribution >= 0.6 is 0 Å². The van der Waals surface area contributed by atoms with Crippen molar-refractivity contribution >= 4 is 5.91 Å². The first kappa shape index (κ1) is 11.2. The van der Waals surface area contributed by atoms with Gasteiger partial charge in [0.1, 0.15) is 0 Å². The molecule has 0 bridgehead atoms. The molecule has 2 unspecified atom stereocenters. The summed E-state index contributed by atoms with van der Waals surface area (Å²) >= 11 is 0. The first-order chi connectivity index (χ1) is 6.61. The molecule has 0 spiro atoms. The monoisotopic (exact) mass is 196 g/mol. The minimum absolute atomic E-state index is 0.0854. The molecule has 3 heteroatoms. The molecule has 0 aromatic heterocycles. The average Bonchev–Trinajstić information content (AvgIpc) is 2.18. The summed E-state index contributed by atoms with van der Waals surface area (Å²) in [6.45, 7) is 1.92. The van der Waals surface area contributed by atoms with E-state index < -0.39 is 0 Å². The first-order valence-electron chi connectivity index (χ1n) is 5.25. The summed E-state index contributed by atoms with van der Waals surface area (Å²) in [5.74, 6) is 0.143. The van der Waals surface area contributed by atoms with Crippen molar-refractivity contribution in [2.45, 2.75) is 38.3 Å². The summed E-state index contributed by atoms with van der Waals surface area (Å²) in [7, 11) is 3.58. The van der Waals surface area contributed by atoms with Crippen molar-refractivity contribution in [3.8, 4) is 0 Å². The lowest BCUT2D eigenvalue weighted by molar-refractivity contribution is -0.130. The molecule has 1 amide bonds. The van der Waals surface area contributed by atoms with Gasteiger partial charge in [0, 0.05) is 20.1 Å². The molecule has 1 rings (SSSR count). The second-order valence-electron chi connectivity index (χ2n) is 4.09. The molecule has 0 saturated carbocycles. The number of allylic oxidation sites excluding steroid dienone is 1. The van der Waals surface area contributed by atoms with E-state index in [4.69, 9.17) is 0 Å². The van der Waals surface area contributed by atoms with Crippen LogP contribution in [-0.4, -0.2) is 37.0 Å². The van der Waals surface area contributed by atoms with Crippen LogP contribution in [0.3, 0.4) is 0 Å². The van der Waals surface area contributed by atoms with Crippen molar-refractivity contribution < 1.29 is 4.79 Å². The Hall–Kier alpha value is -0.830. The SMILES string of the molecule is CC(NC1C=CCCC1)C(=O)N(C)C. The number of hydrogen-bond donors (Lipinski definition) is 1. The van der Waals surface area contributed by atoms with E-state index in [-0.39, 0.29) is 11.9 Å². The molecular weight excluding hydrogens is 176 g/mol. The van der Waals surface area contributed by atoms with Gasteiger partial charge in [-0.05, 0) is 26.2 Å². The van der Waals surface area contributed by atoms with E-state index in [9.17, 15) is 4.79 Å². The van der Waals surface area contributed by atoms with E-state index in [2.05, 4.69) is 17.5 Å². The van der Waals surface area contributed by atoms with Gasteiger partial charge in [0.2, 0.25) is 5.91 Å². The van der Waals surface area contributed by atoms with Gasteiger partial charge in [0.15, 0.2) is 0 Å². The molecule has 1 aliphatic carbocycles. The summed E-state index contributed by atoms with van der Waals surface area (Å²) < 4.78 is 0. The largest absolute Gasteiger partial charge is 0.347 e. The van der Waals surface area contributed by atoms with E-state index in [1.54, 1.807) is 19.0 Å². The van der Waals surface area contributed by atoms with Gasteiger partial charge >= 0.3 is 0 Å². The molecule has 0 heterocycles. The van der Waals surface area contributed by atoms with Gasteiger partial charge in [-0.25, -0.2) is 0 Å². The summed E-state index contributed by atoms with van der Waals surface area (Å²) in [4.78, 5) is 13.2. The molecule has 0 aromatic rings. The topological polar surface area (TPSA) is 32.3 Å². The van der Waals surface area contributed by atoms with Crippen molar-refractivity contribution in [1.82, 2.24) is 10.2 Å². The fourth-order valence-corrected chi connectivity index (χ4v) is 1.73. The van der Waals surface area contributed by atoms with Gasteiger partial charge < -0.3 is 4.90 Å². The number of carbonyl (C=O) groups excluding carboxylic acids is 1. The highest BCUT2D eigenvalue weighted by molar-refractivity contribution is 5.80. The van der Waals surface area contributed by atoms with Gasteiger partial charge in [0.25, 0.3) is 0 Å². The molecular formula is C11H20N2O. The number of hydrogen-bond acceptors (Lipinski definition) is 2. The molecule has 0 saturated heterocycles. The second kappa shape index (κ2) is 5.15. The molecule has 3 nitrogen and oxygen atoms in total. The zero-order valence-electron chi connectivity index (χ0n) is 9.29. The van der Waals surface area contributed by atoms with Crippen LogP contribution in [0.2, 0.25) is 0 Å². The van der Waals surface area contributed by atoms with Crippen LogP contribution in [0.15, 0.2) is 12.2 Å². The van der Waals surface area contributed by atoms with Crippen molar-refractivity contribution in [3.05, 3.63) is 12.2 Å². The van der Waals surface area contributed by atoms with Crippen LogP contribution in [0.25, 0.3) is 0 Å². The van der Waals surface area contributed by atoms with E-state index in [1.807, 2.05) is 6.92 Å². The highest BCUT2D eigenvalue weighted by Gasteiger charge is 2.18. The number of likely N-dealkylation sites (N-methyl/N-ethyl adjacent to an activating group) is 1. The van der Waals surface area contributed by atoms with Crippen molar-refractivity contribution in [2.24, 2.45) is 0 Å². The number of carbonyl (C=O) groups is 1. The lowest BCUT2D eigenvalue weighted by atomic mass is 10.0. The molecule has 0 aromatic carbocycles. The molecule has 80 valence electrons. The lowest BCUT2D eigenvalue weighted by Gasteiger charge is -2.24. The third kappa shape index (κ3) is 3.14. The van der Waals surface area contributed by atoms with E-state index in [1.165, 1.54) is 12.8 Å². The fraction of sp³-hybridized carbons (Fsp3) is 0.727. The maximum absolute atomic E-state index is 11.6. The van der Waals surface area contributed by atoms with E-state index in [0.717, 1.165) is 6.42 Å². The van der Waals surface area contributed by atoms with Gasteiger partial charge in [0.05, 0.1) is 6.04 Å². The van der Waals surface area contributed by atoms with Crippen LogP contribution in [0.4, 0.5) is 0 Å². The van der Waals surface area contributed by atoms with Crippen molar-refractivity contribution in [2.75, 3.05) is 14.1 Å². The Balaban J connectivity index is 2.39. The molecule has 14 heavy (non-hydrogen) atoms. The summed E-state index contributed by atoms with van der Waals surface area (Å²) in [6.07, 6.45) is 7.89. The smallest absolute Gasteiger partial charge is 0.238 e. The van der Waals surface area contributed by atoms with Crippen LogP contribution in [0, 0.1) is 0 Å². The van der Waals surface area contributed by atoms with Gasteiger partial charge in [-0.2, -0.15) is 0 Å². The second-order valence-corrected chi connectivity index (χ2v) is 4.09. The van der Waals surface area contributed by atoms with Gasteiger partial charge in [-0.15, -0.1) is 0 Å². The summed E-state index contributed by atoms with van der Waals surface area (Å²) in [5.41, 5.74) is 0. The predicted molar refractivity (Wildman–Crippen MR) is 58.1 cm³/mol. The Labute approximate surface area is 86.2 Å². The van der Waals surface area contributed by atoms with E-state index in [0.29, 0.717) is 6.04 Å². The Kier molecular flexibility index (Phi) is 4.14. The number of nitrogens with zero attached hydrogens (tertiary/aromatic N) is 1. The third-order valence-electron chi connectivity index (χ3n) is 2.53.